The number of hydrogen-bond donors (Lipinski definition) is 3. The lowest BCUT2D eigenvalue weighted by Gasteiger charge is -2.16. The molecule has 1 heterocycles. The molecule has 2 amide bonds. The van der Waals surface area contributed by atoms with Gasteiger partial charge in [0.05, 0.1) is 12.2 Å². The van der Waals surface area contributed by atoms with Crippen molar-refractivity contribution in [3.63, 3.8) is 0 Å². The highest BCUT2D eigenvalue weighted by atomic mass is 32.2. The topological polar surface area (TPSA) is 105 Å². The third-order valence-corrected chi connectivity index (χ3v) is 7.71. The van der Waals surface area contributed by atoms with Crippen LogP contribution < -0.4 is 10.6 Å². The van der Waals surface area contributed by atoms with Crippen LogP contribution >= 0.6 is 11.8 Å². The van der Waals surface area contributed by atoms with Gasteiger partial charge in [-0.3, -0.25) is 9.59 Å². The Bertz CT molecular complexity index is 1370. The summed E-state index contributed by atoms with van der Waals surface area (Å²) in [5.41, 5.74) is 4.75. The number of hydrogen-bond acceptors (Lipinski definition) is 6. The molecule has 3 aromatic rings. The van der Waals surface area contributed by atoms with Gasteiger partial charge in [-0.15, -0.1) is 0 Å². The Morgan fingerprint density at radius 1 is 1.00 bits per heavy atom. The van der Waals surface area contributed by atoms with Crippen LogP contribution in [0, 0.1) is 6.92 Å². The van der Waals surface area contributed by atoms with E-state index >= 15 is 0 Å². The predicted molar refractivity (Wildman–Crippen MR) is 163 cm³/mol. The highest BCUT2D eigenvalue weighted by Crippen LogP contribution is 2.37. The Morgan fingerprint density at radius 2 is 1.66 bits per heavy atom. The molecule has 0 aliphatic carbocycles. The minimum Gasteiger partial charge on any atom is -0.462 e. The van der Waals surface area contributed by atoms with Crippen molar-refractivity contribution >= 4 is 35.1 Å². The predicted octanol–water partition coefficient (Wildman–Crippen LogP) is 5.78. The molecule has 0 aromatic heterocycles. The number of rotatable bonds is 8. The average molecular weight is 575 g/mol. The quantitative estimate of drug-likeness (QED) is 0.295. The third kappa shape index (κ3) is 8.80. The van der Waals surface area contributed by atoms with Gasteiger partial charge in [0, 0.05) is 28.5 Å². The van der Waals surface area contributed by atoms with E-state index in [0.29, 0.717) is 30.7 Å². The standard InChI is InChI=1S/C31H32N2O4S.C2H6O/c1-4-37-31(36)23-14-12-22(13-15-23)21(3)25-9-5-6-11-28(25)38-27-17-16-24(19-20(27)2)29(34)33-26-10-7-8-18-32-30(26)35;1-2-3/h5-6,9,11-17,19,26H,3-4,7-8,10,18H2,1-2H3,(H,32,35)(H,33,34);3H,2H2,1H3. The zero-order chi connectivity index (χ0) is 29.8. The van der Waals surface area contributed by atoms with Gasteiger partial charge in [0.2, 0.25) is 5.91 Å². The first-order chi connectivity index (χ1) is 19.8. The molecule has 3 N–H and O–H groups in total. The molecule has 0 bridgehead atoms. The van der Waals surface area contributed by atoms with Gasteiger partial charge in [-0.05, 0) is 98.7 Å². The van der Waals surface area contributed by atoms with Gasteiger partial charge in [0.25, 0.3) is 5.91 Å². The summed E-state index contributed by atoms with van der Waals surface area (Å²) in [7, 11) is 0. The first kappa shape index (κ1) is 31.6. The first-order valence-corrected chi connectivity index (χ1v) is 14.6. The van der Waals surface area contributed by atoms with Crippen molar-refractivity contribution in [1.29, 1.82) is 0 Å². The van der Waals surface area contributed by atoms with E-state index in [1.165, 1.54) is 0 Å². The summed E-state index contributed by atoms with van der Waals surface area (Å²) in [6, 6.07) is 20.4. The number of nitrogens with one attached hydrogen (secondary N) is 2. The number of aryl methyl sites for hydroxylation is 1. The van der Waals surface area contributed by atoms with Gasteiger partial charge in [-0.25, -0.2) is 4.79 Å². The molecule has 41 heavy (non-hydrogen) atoms. The van der Waals surface area contributed by atoms with Crippen LogP contribution in [-0.4, -0.2) is 48.7 Å². The van der Waals surface area contributed by atoms with Gasteiger partial charge in [-0.1, -0.05) is 48.7 Å². The van der Waals surface area contributed by atoms with Crippen LogP contribution in [0.15, 0.2) is 83.1 Å². The average Bonchev–Trinajstić information content (AvgIpc) is 3.18. The summed E-state index contributed by atoms with van der Waals surface area (Å²) >= 11 is 1.61. The lowest BCUT2D eigenvalue weighted by molar-refractivity contribution is -0.122. The lowest BCUT2D eigenvalue weighted by atomic mass is 9.98. The van der Waals surface area contributed by atoms with E-state index in [4.69, 9.17) is 9.84 Å². The molecule has 1 atom stereocenters. The van der Waals surface area contributed by atoms with Crippen molar-refractivity contribution in [2.45, 2.75) is 55.9 Å². The molecule has 8 heteroatoms. The molecule has 0 saturated carbocycles. The van der Waals surface area contributed by atoms with Crippen molar-refractivity contribution in [2.75, 3.05) is 19.8 Å². The molecule has 7 nitrogen and oxygen atoms in total. The van der Waals surface area contributed by atoms with Gasteiger partial charge >= 0.3 is 5.97 Å². The van der Waals surface area contributed by atoms with Crippen molar-refractivity contribution < 1.29 is 24.2 Å². The largest absolute Gasteiger partial charge is 0.462 e. The number of benzene rings is 3. The first-order valence-electron chi connectivity index (χ1n) is 13.8. The number of ether oxygens (including phenoxy) is 1. The molecule has 0 radical (unpaired) electrons. The van der Waals surface area contributed by atoms with Gasteiger partial charge in [-0.2, -0.15) is 0 Å². The molecule has 4 rings (SSSR count). The Kier molecular flexibility index (Phi) is 12.2. The Balaban J connectivity index is 0.00000147. The molecular weight excluding hydrogens is 536 g/mol. The molecule has 216 valence electrons. The van der Waals surface area contributed by atoms with E-state index in [2.05, 4.69) is 17.2 Å². The minimum absolute atomic E-state index is 0.118. The van der Waals surface area contributed by atoms with Gasteiger partial charge in [0.15, 0.2) is 0 Å². The summed E-state index contributed by atoms with van der Waals surface area (Å²) in [6.07, 6.45) is 2.48. The van der Waals surface area contributed by atoms with E-state index < -0.39 is 6.04 Å². The van der Waals surface area contributed by atoms with E-state index in [0.717, 1.165) is 44.9 Å². The summed E-state index contributed by atoms with van der Waals surface area (Å²) in [5, 5.41) is 13.3. The van der Waals surface area contributed by atoms with Crippen LogP contribution in [0.25, 0.3) is 5.57 Å². The molecule has 3 aromatic carbocycles. The molecular formula is C33H38N2O5S. The van der Waals surface area contributed by atoms with E-state index in [-0.39, 0.29) is 24.4 Å². The van der Waals surface area contributed by atoms with Crippen molar-refractivity contribution in [1.82, 2.24) is 10.6 Å². The molecule has 1 saturated heterocycles. The van der Waals surface area contributed by atoms with E-state index in [9.17, 15) is 14.4 Å². The van der Waals surface area contributed by atoms with Crippen LogP contribution in [-0.2, 0) is 9.53 Å². The van der Waals surface area contributed by atoms with Crippen molar-refractivity contribution in [3.05, 3.63) is 101 Å². The fraction of sp³-hybridized carbons (Fsp3) is 0.303. The zero-order valence-corrected chi connectivity index (χ0v) is 24.7. The van der Waals surface area contributed by atoms with Crippen LogP contribution in [0.4, 0.5) is 0 Å². The fourth-order valence-electron chi connectivity index (χ4n) is 4.32. The second-order valence-electron chi connectivity index (χ2n) is 9.48. The minimum atomic E-state index is -0.497. The second kappa shape index (κ2) is 15.8. The summed E-state index contributed by atoms with van der Waals surface area (Å²) < 4.78 is 5.07. The Hall–Kier alpha value is -3.88. The maximum atomic E-state index is 12.9. The second-order valence-corrected chi connectivity index (χ2v) is 10.6. The van der Waals surface area contributed by atoms with Crippen molar-refractivity contribution in [2.24, 2.45) is 0 Å². The molecule has 0 spiro atoms. The molecule has 1 fully saturated rings. The number of aliphatic hydroxyl groups is 1. The molecule has 1 unspecified atom stereocenters. The highest BCUT2D eigenvalue weighted by Gasteiger charge is 2.23. The van der Waals surface area contributed by atoms with Gasteiger partial charge in [0.1, 0.15) is 6.04 Å². The normalized spacial score (nSPS) is 14.5. The number of amides is 2. The van der Waals surface area contributed by atoms with Gasteiger partial charge < -0.3 is 20.5 Å². The number of esters is 1. The Labute approximate surface area is 246 Å². The van der Waals surface area contributed by atoms with Crippen molar-refractivity contribution in [3.8, 4) is 0 Å². The summed E-state index contributed by atoms with van der Waals surface area (Å²) in [6.45, 7) is 11.0. The Morgan fingerprint density at radius 3 is 2.34 bits per heavy atom. The van der Waals surface area contributed by atoms with Crippen LogP contribution in [0.5, 0.6) is 0 Å². The van der Waals surface area contributed by atoms with Crippen LogP contribution in [0.2, 0.25) is 0 Å². The number of carbonyl (C=O) groups excluding carboxylic acids is 3. The lowest BCUT2D eigenvalue weighted by Crippen LogP contribution is -2.45. The van der Waals surface area contributed by atoms with Crippen LogP contribution in [0.3, 0.4) is 0 Å². The summed E-state index contributed by atoms with van der Waals surface area (Å²) in [5.74, 6) is -0.704. The maximum absolute atomic E-state index is 12.9. The fourth-order valence-corrected chi connectivity index (χ4v) is 5.37. The highest BCUT2D eigenvalue weighted by molar-refractivity contribution is 7.99. The smallest absolute Gasteiger partial charge is 0.338 e. The maximum Gasteiger partial charge on any atom is 0.338 e. The number of aliphatic hydroxyl groups excluding tert-OH is 1. The number of carbonyl (C=O) groups is 3. The third-order valence-electron chi connectivity index (χ3n) is 6.45. The monoisotopic (exact) mass is 574 g/mol. The van der Waals surface area contributed by atoms with E-state index in [1.807, 2.05) is 55.5 Å². The summed E-state index contributed by atoms with van der Waals surface area (Å²) in [4.78, 5) is 39.1. The van der Waals surface area contributed by atoms with E-state index in [1.54, 1.807) is 43.8 Å². The molecule has 1 aliphatic heterocycles. The SMILES string of the molecule is C=C(c1ccc(C(=O)OCC)cc1)c1ccccc1Sc1ccc(C(=O)NC2CCCCNC2=O)cc1C.CCO. The zero-order valence-electron chi connectivity index (χ0n) is 23.9. The van der Waals surface area contributed by atoms with Crippen LogP contribution in [0.1, 0.15) is 70.5 Å². The molecule has 1 aliphatic rings.